The maximum absolute atomic E-state index is 5.70. The Morgan fingerprint density at radius 2 is 1.96 bits per heavy atom. The quantitative estimate of drug-likeness (QED) is 0.576. The molecule has 26 heavy (non-hydrogen) atoms. The van der Waals surface area contributed by atoms with Crippen molar-refractivity contribution in [1.29, 1.82) is 0 Å². The van der Waals surface area contributed by atoms with Crippen LogP contribution in [0.5, 0.6) is 11.5 Å². The molecular formula is C20H33N3O3. The first kappa shape index (κ1) is 20.4. The summed E-state index contributed by atoms with van der Waals surface area (Å²) in [6, 6.07) is 6.26. The van der Waals surface area contributed by atoms with Gasteiger partial charge in [0, 0.05) is 32.2 Å². The third-order valence-corrected chi connectivity index (χ3v) is 5.80. The summed E-state index contributed by atoms with van der Waals surface area (Å²) in [6.45, 7) is 9.83. The summed E-state index contributed by atoms with van der Waals surface area (Å²) in [5.74, 6) is 2.29. The largest absolute Gasteiger partial charge is 0.493 e. The summed E-state index contributed by atoms with van der Waals surface area (Å²) < 4.78 is 16.7. The molecule has 2 unspecified atom stereocenters. The number of nitrogens with one attached hydrogen (secondary N) is 2. The highest BCUT2D eigenvalue weighted by molar-refractivity contribution is 5.80. The van der Waals surface area contributed by atoms with Crippen LogP contribution >= 0.6 is 0 Å². The van der Waals surface area contributed by atoms with Gasteiger partial charge in [0.05, 0.1) is 19.3 Å². The Balaban J connectivity index is 1.97. The molecule has 0 aliphatic heterocycles. The fraction of sp³-hybridized carbons (Fsp3) is 0.650. The maximum atomic E-state index is 5.70. The molecule has 0 aromatic heterocycles. The number of ether oxygens (including phenoxy) is 3. The molecule has 6 heteroatoms. The van der Waals surface area contributed by atoms with Crippen LogP contribution in [0.15, 0.2) is 23.2 Å². The molecule has 1 saturated carbocycles. The minimum Gasteiger partial charge on any atom is -0.493 e. The molecule has 2 atom stereocenters. The monoisotopic (exact) mass is 363 g/mol. The van der Waals surface area contributed by atoms with E-state index in [9.17, 15) is 0 Å². The lowest BCUT2D eigenvalue weighted by atomic mass is 9.56. The van der Waals surface area contributed by atoms with Gasteiger partial charge in [0.2, 0.25) is 0 Å². The third kappa shape index (κ3) is 3.90. The zero-order valence-corrected chi connectivity index (χ0v) is 17.1. The molecule has 1 aromatic carbocycles. The molecular weight excluding hydrogens is 330 g/mol. The Labute approximate surface area is 157 Å². The van der Waals surface area contributed by atoms with Crippen LogP contribution in [0.2, 0.25) is 0 Å². The van der Waals surface area contributed by atoms with E-state index in [0.717, 1.165) is 29.4 Å². The van der Waals surface area contributed by atoms with E-state index in [-0.39, 0.29) is 11.0 Å². The highest BCUT2D eigenvalue weighted by Gasteiger charge is 2.58. The Kier molecular flexibility index (Phi) is 6.39. The van der Waals surface area contributed by atoms with Gasteiger partial charge in [-0.25, -0.2) is 0 Å². The summed E-state index contributed by atoms with van der Waals surface area (Å²) in [6.07, 6.45) is 0.953. The number of benzene rings is 1. The topological polar surface area (TPSA) is 64.1 Å². The van der Waals surface area contributed by atoms with Crippen LogP contribution in [0.25, 0.3) is 0 Å². The molecule has 1 aliphatic carbocycles. The van der Waals surface area contributed by atoms with E-state index in [1.165, 1.54) is 0 Å². The normalized spacial score (nSPS) is 24.6. The molecule has 1 aliphatic rings. The number of hydrogen-bond acceptors (Lipinski definition) is 4. The average Bonchev–Trinajstić information content (AvgIpc) is 2.64. The first-order valence-electron chi connectivity index (χ1n) is 9.13. The number of methoxy groups -OCH3 is 2. The molecule has 1 aromatic rings. The van der Waals surface area contributed by atoms with Crippen LogP contribution in [0.4, 0.5) is 0 Å². The third-order valence-electron chi connectivity index (χ3n) is 5.80. The molecule has 146 valence electrons. The highest BCUT2D eigenvalue weighted by Crippen LogP contribution is 2.51. The van der Waals surface area contributed by atoms with E-state index in [1.807, 2.05) is 25.1 Å². The van der Waals surface area contributed by atoms with Gasteiger partial charge in [-0.05, 0) is 38.0 Å². The molecule has 0 amide bonds. The number of rotatable bonds is 7. The molecule has 0 heterocycles. The van der Waals surface area contributed by atoms with Crippen molar-refractivity contribution < 1.29 is 14.2 Å². The summed E-state index contributed by atoms with van der Waals surface area (Å²) in [5, 5.41) is 6.89. The molecule has 0 radical (unpaired) electrons. The van der Waals surface area contributed by atoms with Crippen LogP contribution in [-0.2, 0) is 11.3 Å². The van der Waals surface area contributed by atoms with Crippen molar-refractivity contribution in [3.63, 3.8) is 0 Å². The smallest absolute Gasteiger partial charge is 0.191 e. The van der Waals surface area contributed by atoms with Gasteiger partial charge in [-0.15, -0.1) is 0 Å². The Morgan fingerprint density at radius 1 is 1.23 bits per heavy atom. The first-order valence-corrected chi connectivity index (χ1v) is 9.13. The Hall–Kier alpha value is -1.95. The summed E-state index contributed by atoms with van der Waals surface area (Å²) in [4.78, 5) is 4.35. The molecule has 1 fully saturated rings. The van der Waals surface area contributed by atoms with Gasteiger partial charge < -0.3 is 24.8 Å². The van der Waals surface area contributed by atoms with Crippen molar-refractivity contribution in [1.82, 2.24) is 10.6 Å². The van der Waals surface area contributed by atoms with E-state index in [2.05, 4.69) is 36.4 Å². The zero-order chi connectivity index (χ0) is 19.4. The van der Waals surface area contributed by atoms with Crippen molar-refractivity contribution in [3.05, 3.63) is 23.8 Å². The van der Waals surface area contributed by atoms with Crippen molar-refractivity contribution in [2.75, 3.05) is 27.9 Å². The van der Waals surface area contributed by atoms with Gasteiger partial charge >= 0.3 is 0 Å². The summed E-state index contributed by atoms with van der Waals surface area (Å²) >= 11 is 0. The predicted molar refractivity (Wildman–Crippen MR) is 105 cm³/mol. The lowest BCUT2D eigenvalue weighted by Gasteiger charge is -2.59. The van der Waals surface area contributed by atoms with E-state index >= 15 is 0 Å². The van der Waals surface area contributed by atoms with Gasteiger partial charge in [0.15, 0.2) is 17.5 Å². The standard InChI is InChI=1S/C20H33N3O3/c1-8-26-16-11-14(9-10-15(16)24-6)13-22-18(21-5)23-17-12-20(4,25-7)19(17,2)3/h9-11,17H,8,12-13H2,1-7H3,(H2,21,22,23). The SMILES string of the molecule is CCOc1cc(CNC(=NC)NC2CC(C)(OC)C2(C)C)ccc1OC. The minimum atomic E-state index is -0.105. The first-order chi connectivity index (χ1) is 12.3. The molecule has 6 nitrogen and oxygen atoms in total. The Morgan fingerprint density at radius 3 is 2.50 bits per heavy atom. The number of nitrogens with zero attached hydrogens (tertiary/aromatic N) is 1. The number of guanidine groups is 1. The number of hydrogen-bond donors (Lipinski definition) is 2. The van der Waals surface area contributed by atoms with Gasteiger partial charge in [0.1, 0.15) is 0 Å². The second-order valence-corrected chi connectivity index (χ2v) is 7.40. The second-order valence-electron chi connectivity index (χ2n) is 7.40. The predicted octanol–water partition coefficient (Wildman–Crippen LogP) is 2.96. The minimum absolute atomic E-state index is 0.0294. The van der Waals surface area contributed by atoms with Gasteiger partial charge in [-0.3, -0.25) is 4.99 Å². The van der Waals surface area contributed by atoms with Crippen molar-refractivity contribution in [3.8, 4) is 11.5 Å². The van der Waals surface area contributed by atoms with Gasteiger partial charge in [-0.1, -0.05) is 19.9 Å². The molecule has 2 rings (SSSR count). The molecule has 0 bridgehead atoms. The lowest BCUT2D eigenvalue weighted by Crippen LogP contribution is -2.69. The van der Waals surface area contributed by atoms with Crippen molar-refractivity contribution in [2.24, 2.45) is 10.4 Å². The van der Waals surface area contributed by atoms with Crippen LogP contribution in [0.3, 0.4) is 0 Å². The van der Waals surface area contributed by atoms with Crippen molar-refractivity contribution in [2.45, 2.75) is 52.3 Å². The Bertz CT molecular complexity index is 645. The molecule has 0 spiro atoms. The average molecular weight is 364 g/mol. The van der Waals surface area contributed by atoms with E-state index in [4.69, 9.17) is 14.2 Å². The van der Waals surface area contributed by atoms with Crippen molar-refractivity contribution >= 4 is 5.96 Å². The lowest BCUT2D eigenvalue weighted by molar-refractivity contribution is -0.176. The second kappa shape index (κ2) is 8.16. The van der Waals surface area contributed by atoms with E-state index in [0.29, 0.717) is 19.2 Å². The van der Waals surface area contributed by atoms with Gasteiger partial charge in [0.25, 0.3) is 0 Å². The van der Waals surface area contributed by atoms with Crippen LogP contribution in [0.1, 0.15) is 39.7 Å². The van der Waals surface area contributed by atoms with Crippen LogP contribution in [0, 0.1) is 5.41 Å². The fourth-order valence-corrected chi connectivity index (χ4v) is 3.37. The highest BCUT2D eigenvalue weighted by atomic mass is 16.5. The number of aliphatic imine (C=N–C) groups is 1. The fourth-order valence-electron chi connectivity index (χ4n) is 3.37. The van der Waals surface area contributed by atoms with E-state index < -0.39 is 0 Å². The summed E-state index contributed by atoms with van der Waals surface area (Å²) in [5.41, 5.74) is 1.03. The van der Waals surface area contributed by atoms with E-state index in [1.54, 1.807) is 21.3 Å². The maximum Gasteiger partial charge on any atom is 0.191 e. The van der Waals surface area contributed by atoms with Crippen LogP contribution < -0.4 is 20.1 Å². The zero-order valence-electron chi connectivity index (χ0n) is 17.1. The van der Waals surface area contributed by atoms with Crippen LogP contribution in [-0.4, -0.2) is 45.5 Å². The summed E-state index contributed by atoms with van der Waals surface area (Å²) in [7, 11) is 5.22. The molecule has 2 N–H and O–H groups in total. The molecule has 0 saturated heterocycles. The van der Waals surface area contributed by atoms with Gasteiger partial charge in [-0.2, -0.15) is 0 Å².